The predicted octanol–water partition coefficient (Wildman–Crippen LogP) is 3.83. The van der Waals surface area contributed by atoms with Crippen molar-refractivity contribution in [2.45, 2.75) is 38.0 Å². The van der Waals surface area contributed by atoms with Gasteiger partial charge in [0.25, 0.3) is 0 Å². The second-order valence-corrected chi connectivity index (χ2v) is 4.82. The first-order valence-corrected chi connectivity index (χ1v) is 6.08. The van der Waals surface area contributed by atoms with Gasteiger partial charge in [0, 0.05) is 12.5 Å². The molecule has 17 heavy (non-hydrogen) atoms. The van der Waals surface area contributed by atoms with Crippen molar-refractivity contribution < 1.29 is 13.6 Å². The van der Waals surface area contributed by atoms with E-state index in [1.165, 1.54) is 12.1 Å². The molecule has 0 saturated heterocycles. The van der Waals surface area contributed by atoms with Crippen molar-refractivity contribution in [1.29, 1.82) is 0 Å². The molecule has 0 amide bonds. The van der Waals surface area contributed by atoms with Crippen molar-refractivity contribution in [3.63, 3.8) is 0 Å². The molecule has 0 atom stereocenters. The summed E-state index contributed by atoms with van der Waals surface area (Å²) < 4.78 is 26.2. The van der Waals surface area contributed by atoms with Gasteiger partial charge in [0.2, 0.25) is 0 Å². The number of rotatable bonds is 3. The number of benzene rings is 1. The molecule has 1 aliphatic carbocycles. The Morgan fingerprint density at radius 2 is 1.65 bits per heavy atom. The van der Waals surface area contributed by atoms with Crippen LogP contribution in [0.2, 0.25) is 0 Å². The summed E-state index contributed by atoms with van der Waals surface area (Å²) in [5.41, 5.74) is 0.757. The van der Waals surface area contributed by atoms with Crippen LogP contribution in [0.15, 0.2) is 18.2 Å². The molecule has 3 heteroatoms. The van der Waals surface area contributed by atoms with E-state index >= 15 is 0 Å². The molecule has 0 unspecified atom stereocenters. The zero-order chi connectivity index (χ0) is 12.3. The van der Waals surface area contributed by atoms with Crippen LogP contribution < -0.4 is 0 Å². The quantitative estimate of drug-likeness (QED) is 0.731. The van der Waals surface area contributed by atoms with Crippen molar-refractivity contribution in [1.82, 2.24) is 0 Å². The zero-order valence-corrected chi connectivity index (χ0v) is 9.66. The Morgan fingerprint density at radius 1 is 1.06 bits per heavy atom. The molecular formula is C14H16F2O. The molecule has 0 aromatic heterocycles. The summed E-state index contributed by atoms with van der Waals surface area (Å²) in [4.78, 5) is 10.4. The predicted molar refractivity (Wildman–Crippen MR) is 61.7 cm³/mol. The topological polar surface area (TPSA) is 17.1 Å². The molecule has 1 aliphatic rings. The molecule has 0 heterocycles. The van der Waals surface area contributed by atoms with Gasteiger partial charge in [0.05, 0.1) is 0 Å². The Kier molecular flexibility index (Phi) is 3.87. The maximum atomic E-state index is 13.1. The van der Waals surface area contributed by atoms with Crippen molar-refractivity contribution in [3.05, 3.63) is 35.4 Å². The lowest BCUT2D eigenvalue weighted by atomic mass is 9.78. The summed E-state index contributed by atoms with van der Waals surface area (Å²) in [6.07, 6.45) is 5.36. The summed E-state index contributed by atoms with van der Waals surface area (Å²) in [6, 6.07) is 3.75. The molecule has 0 radical (unpaired) electrons. The van der Waals surface area contributed by atoms with Crippen LogP contribution in [0.25, 0.3) is 0 Å². The summed E-state index contributed by atoms with van der Waals surface area (Å²) in [7, 11) is 0. The Balaban J connectivity index is 2.02. The van der Waals surface area contributed by atoms with Gasteiger partial charge in [-0.05, 0) is 55.2 Å². The van der Waals surface area contributed by atoms with E-state index in [1.54, 1.807) is 0 Å². The lowest BCUT2D eigenvalue weighted by molar-refractivity contribution is -0.108. The molecule has 1 fully saturated rings. The third-order valence-corrected chi connectivity index (χ3v) is 3.63. The van der Waals surface area contributed by atoms with Crippen LogP contribution in [0.4, 0.5) is 8.78 Å². The van der Waals surface area contributed by atoms with Gasteiger partial charge in [-0.2, -0.15) is 0 Å². The van der Waals surface area contributed by atoms with E-state index in [0.29, 0.717) is 12.3 Å². The van der Waals surface area contributed by atoms with Crippen molar-refractivity contribution in [2.75, 3.05) is 0 Å². The highest BCUT2D eigenvalue weighted by Gasteiger charge is 2.22. The lowest BCUT2D eigenvalue weighted by Crippen LogP contribution is -2.14. The fraction of sp³-hybridized carbons (Fsp3) is 0.500. The summed E-state index contributed by atoms with van der Waals surface area (Å²) in [5.74, 6) is -0.310. The van der Waals surface area contributed by atoms with Gasteiger partial charge in [-0.3, -0.25) is 0 Å². The average Bonchev–Trinajstić information content (AvgIpc) is 2.29. The van der Waals surface area contributed by atoms with Gasteiger partial charge >= 0.3 is 0 Å². The number of carbonyl (C=O) groups is 1. The first-order chi connectivity index (χ1) is 8.19. The highest BCUT2D eigenvalue weighted by Crippen LogP contribution is 2.37. The van der Waals surface area contributed by atoms with Crippen LogP contribution >= 0.6 is 0 Å². The van der Waals surface area contributed by atoms with Crippen molar-refractivity contribution in [3.8, 4) is 0 Å². The van der Waals surface area contributed by atoms with E-state index in [-0.39, 0.29) is 5.92 Å². The van der Waals surface area contributed by atoms with Crippen LogP contribution in [-0.4, -0.2) is 6.29 Å². The molecule has 2 rings (SSSR count). The summed E-state index contributed by atoms with van der Waals surface area (Å²) in [6.45, 7) is 0. The second-order valence-electron chi connectivity index (χ2n) is 4.82. The summed E-state index contributed by atoms with van der Waals surface area (Å²) >= 11 is 0. The highest BCUT2D eigenvalue weighted by atomic mass is 19.1. The van der Waals surface area contributed by atoms with Gasteiger partial charge in [-0.15, -0.1) is 0 Å². The van der Waals surface area contributed by atoms with Crippen LogP contribution in [0.3, 0.4) is 0 Å². The SMILES string of the molecule is O=CCC1CCC(c2cc(F)cc(F)c2)CC1. The smallest absolute Gasteiger partial charge is 0.126 e. The molecular weight excluding hydrogens is 222 g/mol. The number of carbonyl (C=O) groups excluding carboxylic acids is 1. The molecule has 0 N–H and O–H groups in total. The van der Waals surface area contributed by atoms with Crippen LogP contribution in [0.1, 0.15) is 43.6 Å². The van der Waals surface area contributed by atoms with Gasteiger partial charge in [-0.25, -0.2) is 8.78 Å². The second kappa shape index (κ2) is 5.39. The maximum Gasteiger partial charge on any atom is 0.126 e. The molecule has 0 spiro atoms. The fourth-order valence-electron chi connectivity index (χ4n) is 2.68. The van der Waals surface area contributed by atoms with Crippen LogP contribution in [0, 0.1) is 17.6 Å². The third-order valence-electron chi connectivity index (χ3n) is 3.63. The average molecular weight is 238 g/mol. The Morgan fingerprint density at radius 3 is 2.18 bits per heavy atom. The normalized spacial score (nSPS) is 24.6. The van der Waals surface area contributed by atoms with E-state index in [2.05, 4.69) is 0 Å². The van der Waals surface area contributed by atoms with Gasteiger partial charge in [-0.1, -0.05) is 0 Å². The fourth-order valence-corrected chi connectivity index (χ4v) is 2.68. The van der Waals surface area contributed by atoms with Crippen LogP contribution in [-0.2, 0) is 4.79 Å². The van der Waals surface area contributed by atoms with Crippen LogP contribution in [0.5, 0.6) is 0 Å². The third kappa shape index (κ3) is 3.11. The molecule has 1 nitrogen and oxygen atoms in total. The van der Waals surface area contributed by atoms with E-state index < -0.39 is 11.6 Å². The molecule has 1 saturated carbocycles. The largest absolute Gasteiger partial charge is 0.303 e. The van der Waals surface area contributed by atoms with E-state index in [0.717, 1.165) is 43.6 Å². The minimum Gasteiger partial charge on any atom is -0.303 e. The van der Waals surface area contributed by atoms with E-state index in [1.807, 2.05) is 0 Å². The summed E-state index contributed by atoms with van der Waals surface area (Å²) in [5, 5.41) is 0. The molecule has 0 bridgehead atoms. The molecule has 1 aromatic carbocycles. The maximum absolute atomic E-state index is 13.1. The first kappa shape index (κ1) is 12.2. The van der Waals surface area contributed by atoms with Crippen molar-refractivity contribution in [2.24, 2.45) is 5.92 Å². The number of halogens is 2. The zero-order valence-electron chi connectivity index (χ0n) is 9.66. The molecule has 1 aromatic rings. The number of hydrogen-bond donors (Lipinski definition) is 0. The monoisotopic (exact) mass is 238 g/mol. The molecule has 92 valence electrons. The Hall–Kier alpha value is -1.25. The van der Waals surface area contributed by atoms with Crippen molar-refractivity contribution >= 4 is 6.29 Å². The molecule has 0 aliphatic heterocycles. The number of aldehydes is 1. The minimum absolute atomic E-state index is 0.239. The first-order valence-electron chi connectivity index (χ1n) is 6.08. The van der Waals surface area contributed by atoms with Gasteiger partial charge in [0.1, 0.15) is 17.9 Å². The minimum atomic E-state index is -0.505. The number of hydrogen-bond acceptors (Lipinski definition) is 1. The highest BCUT2D eigenvalue weighted by molar-refractivity contribution is 5.49. The van der Waals surface area contributed by atoms with Gasteiger partial charge in [0.15, 0.2) is 0 Å². The standard InChI is InChI=1S/C14H16F2O/c15-13-7-12(8-14(16)9-13)11-3-1-10(2-4-11)5-6-17/h6-11H,1-5H2. The lowest BCUT2D eigenvalue weighted by Gasteiger charge is -2.27. The van der Waals surface area contributed by atoms with Gasteiger partial charge < -0.3 is 4.79 Å². The van der Waals surface area contributed by atoms with E-state index in [4.69, 9.17) is 0 Å². The Bertz CT molecular complexity index is 375. The Labute approximate surface area is 99.8 Å². The van der Waals surface area contributed by atoms with E-state index in [9.17, 15) is 13.6 Å².